The number of hydrogen-bond donors (Lipinski definition) is 0. The van der Waals surface area contributed by atoms with E-state index in [1.807, 2.05) is 0 Å². The van der Waals surface area contributed by atoms with Crippen molar-refractivity contribution in [3.05, 3.63) is 47.5 Å². The van der Waals surface area contributed by atoms with Gasteiger partial charge in [-0.3, -0.25) is 9.80 Å². The molecule has 0 N–H and O–H groups in total. The lowest BCUT2D eigenvalue weighted by Crippen LogP contribution is -2.58. The Kier molecular flexibility index (Phi) is 3.99. The van der Waals surface area contributed by atoms with Crippen LogP contribution in [0.15, 0.2) is 42.0 Å². The van der Waals surface area contributed by atoms with Crippen LogP contribution in [-0.4, -0.2) is 41.5 Å². The van der Waals surface area contributed by atoms with Gasteiger partial charge in [-0.25, -0.2) is 0 Å². The average Bonchev–Trinajstić information content (AvgIpc) is 2.63. The average molecular weight is 322 g/mol. The predicted molar refractivity (Wildman–Crippen MR) is 98.8 cm³/mol. The second-order valence-corrected chi connectivity index (χ2v) is 8.46. The summed E-state index contributed by atoms with van der Waals surface area (Å²) in [5.74, 6) is 1.72. The Bertz CT molecular complexity index is 608. The Labute approximate surface area is 146 Å². The lowest BCUT2D eigenvalue weighted by molar-refractivity contribution is -0.00264. The quantitative estimate of drug-likeness (QED) is 0.757. The van der Waals surface area contributed by atoms with Crippen molar-refractivity contribution in [1.82, 2.24) is 9.80 Å². The Morgan fingerprint density at radius 3 is 2.83 bits per heavy atom. The normalized spacial score (nSPS) is 36.6. The van der Waals surface area contributed by atoms with E-state index in [9.17, 15) is 0 Å². The fraction of sp³-hybridized carbons (Fsp3) is 0.636. The van der Waals surface area contributed by atoms with Gasteiger partial charge in [-0.1, -0.05) is 48.4 Å². The van der Waals surface area contributed by atoms with Crippen molar-refractivity contribution in [3.63, 3.8) is 0 Å². The molecule has 3 fully saturated rings. The maximum Gasteiger partial charge on any atom is 0.0351 e. The molecule has 3 heterocycles. The zero-order valence-corrected chi connectivity index (χ0v) is 14.7. The first-order chi connectivity index (χ1) is 11.9. The summed E-state index contributed by atoms with van der Waals surface area (Å²) in [5.41, 5.74) is 3.27. The second kappa shape index (κ2) is 6.31. The highest BCUT2D eigenvalue weighted by molar-refractivity contribution is 5.25. The molecule has 4 aliphatic rings. The molecule has 3 aliphatic heterocycles. The molecule has 1 aliphatic carbocycles. The van der Waals surface area contributed by atoms with Crippen LogP contribution in [0.2, 0.25) is 0 Å². The summed E-state index contributed by atoms with van der Waals surface area (Å²) in [6.07, 6.45) is 11.2. The molecular formula is C22H30N2. The van der Waals surface area contributed by atoms with E-state index < -0.39 is 0 Å². The molecule has 24 heavy (non-hydrogen) atoms. The minimum atomic E-state index is 0.720. The fourth-order valence-corrected chi connectivity index (χ4v) is 6.08. The molecule has 0 spiro atoms. The van der Waals surface area contributed by atoms with E-state index in [1.54, 1.807) is 5.57 Å². The molecule has 0 radical (unpaired) electrons. The summed E-state index contributed by atoms with van der Waals surface area (Å²) in [7, 11) is 0. The third kappa shape index (κ3) is 2.64. The highest BCUT2D eigenvalue weighted by atomic mass is 15.2. The Hall–Kier alpha value is -1.12. The maximum absolute atomic E-state index is 2.85. The van der Waals surface area contributed by atoms with Gasteiger partial charge in [-0.2, -0.15) is 0 Å². The molecule has 3 saturated heterocycles. The molecule has 4 atom stereocenters. The van der Waals surface area contributed by atoms with Gasteiger partial charge < -0.3 is 0 Å². The van der Waals surface area contributed by atoms with Crippen LogP contribution < -0.4 is 0 Å². The second-order valence-electron chi connectivity index (χ2n) is 8.46. The molecule has 5 rings (SSSR count). The van der Waals surface area contributed by atoms with Gasteiger partial charge in [-0.15, -0.1) is 0 Å². The van der Waals surface area contributed by atoms with Crippen molar-refractivity contribution in [2.75, 3.05) is 19.6 Å². The van der Waals surface area contributed by atoms with Crippen molar-refractivity contribution in [3.8, 4) is 0 Å². The number of piperidine rings is 3. The molecule has 1 aromatic rings. The zero-order valence-electron chi connectivity index (χ0n) is 14.7. The maximum atomic E-state index is 2.85. The molecule has 2 unspecified atom stereocenters. The Morgan fingerprint density at radius 2 is 1.92 bits per heavy atom. The van der Waals surface area contributed by atoms with E-state index in [4.69, 9.17) is 0 Å². The van der Waals surface area contributed by atoms with Gasteiger partial charge in [0.2, 0.25) is 0 Å². The first kappa shape index (κ1) is 15.2. The first-order valence-electron chi connectivity index (χ1n) is 10.1. The van der Waals surface area contributed by atoms with Gasteiger partial charge in [-0.05, 0) is 62.6 Å². The number of benzene rings is 1. The van der Waals surface area contributed by atoms with Crippen LogP contribution in [0.5, 0.6) is 0 Å². The third-order valence-electron chi connectivity index (χ3n) is 6.99. The monoisotopic (exact) mass is 322 g/mol. The summed E-state index contributed by atoms with van der Waals surface area (Å²) in [6.45, 7) is 5.12. The van der Waals surface area contributed by atoms with Crippen LogP contribution in [-0.2, 0) is 6.54 Å². The van der Waals surface area contributed by atoms with E-state index >= 15 is 0 Å². The van der Waals surface area contributed by atoms with Gasteiger partial charge >= 0.3 is 0 Å². The van der Waals surface area contributed by atoms with Crippen molar-refractivity contribution in [2.24, 2.45) is 11.8 Å². The SMILES string of the molecule is C1=C2CCCN(Cc3ccccc3)[C@H]2C2CC1[C@H]1CCCCN1C2. The molecule has 2 nitrogen and oxygen atoms in total. The molecule has 128 valence electrons. The van der Waals surface area contributed by atoms with Gasteiger partial charge in [0.1, 0.15) is 0 Å². The van der Waals surface area contributed by atoms with Crippen LogP contribution in [0, 0.1) is 11.8 Å². The largest absolute Gasteiger partial charge is 0.299 e. The third-order valence-corrected chi connectivity index (χ3v) is 6.99. The summed E-state index contributed by atoms with van der Waals surface area (Å²) in [4.78, 5) is 5.65. The Balaban J connectivity index is 1.42. The van der Waals surface area contributed by atoms with E-state index in [1.165, 1.54) is 63.7 Å². The highest BCUT2D eigenvalue weighted by Gasteiger charge is 2.45. The minimum Gasteiger partial charge on any atom is -0.299 e. The molecule has 0 saturated carbocycles. The number of nitrogens with zero attached hydrogens (tertiary/aromatic N) is 2. The Morgan fingerprint density at radius 1 is 1.00 bits per heavy atom. The molecule has 0 aromatic heterocycles. The summed E-state index contributed by atoms with van der Waals surface area (Å²) in [5, 5.41) is 0. The minimum absolute atomic E-state index is 0.720. The van der Waals surface area contributed by atoms with E-state index in [0.717, 1.165) is 30.5 Å². The molecular weight excluding hydrogens is 292 g/mol. The van der Waals surface area contributed by atoms with Crippen LogP contribution >= 0.6 is 0 Å². The van der Waals surface area contributed by atoms with Gasteiger partial charge in [0.25, 0.3) is 0 Å². The van der Waals surface area contributed by atoms with Gasteiger partial charge in [0.15, 0.2) is 0 Å². The number of rotatable bonds is 2. The number of likely N-dealkylation sites (tertiary alicyclic amines) is 1. The molecule has 0 amide bonds. The first-order valence-corrected chi connectivity index (χ1v) is 10.1. The van der Waals surface area contributed by atoms with Crippen molar-refractivity contribution in [2.45, 2.75) is 57.2 Å². The van der Waals surface area contributed by atoms with Gasteiger partial charge in [0.05, 0.1) is 0 Å². The molecule has 1 aromatic carbocycles. The fourth-order valence-electron chi connectivity index (χ4n) is 6.08. The zero-order chi connectivity index (χ0) is 15.9. The number of hydrogen-bond acceptors (Lipinski definition) is 2. The molecule has 2 heteroatoms. The van der Waals surface area contributed by atoms with Crippen molar-refractivity contribution >= 4 is 0 Å². The standard InChI is InChI=1S/C22H30N2/c1-2-7-17(8-3-1)15-24-12-6-9-18-13-19-14-20(22(18)24)16-23-11-5-4-10-21(19)23/h1-3,7-8,13,19-22H,4-6,9-12,14-16H2/t19?,20?,21-,22-/m1/s1. The lowest BCUT2D eigenvalue weighted by atomic mass is 9.68. The van der Waals surface area contributed by atoms with Crippen molar-refractivity contribution in [1.29, 1.82) is 0 Å². The smallest absolute Gasteiger partial charge is 0.0351 e. The van der Waals surface area contributed by atoms with Gasteiger partial charge in [0, 0.05) is 25.2 Å². The summed E-state index contributed by atoms with van der Waals surface area (Å²) >= 11 is 0. The van der Waals surface area contributed by atoms with Crippen molar-refractivity contribution < 1.29 is 0 Å². The van der Waals surface area contributed by atoms with Crippen LogP contribution in [0.4, 0.5) is 0 Å². The van der Waals surface area contributed by atoms with E-state index in [0.29, 0.717) is 0 Å². The van der Waals surface area contributed by atoms with Crippen LogP contribution in [0.1, 0.15) is 44.1 Å². The topological polar surface area (TPSA) is 6.48 Å². The number of fused-ring (bicyclic) bond motifs is 6. The van der Waals surface area contributed by atoms with Crippen LogP contribution in [0.3, 0.4) is 0 Å². The van der Waals surface area contributed by atoms with E-state index in [2.05, 4.69) is 46.2 Å². The highest BCUT2D eigenvalue weighted by Crippen LogP contribution is 2.45. The summed E-state index contributed by atoms with van der Waals surface area (Å²) in [6, 6.07) is 12.7. The predicted octanol–water partition coefficient (Wildman–Crippen LogP) is 4.08. The molecule has 2 bridgehead atoms. The van der Waals surface area contributed by atoms with E-state index in [-0.39, 0.29) is 0 Å². The lowest BCUT2D eigenvalue weighted by Gasteiger charge is -2.54. The summed E-state index contributed by atoms with van der Waals surface area (Å²) < 4.78 is 0. The van der Waals surface area contributed by atoms with Crippen LogP contribution in [0.25, 0.3) is 0 Å².